The first-order chi connectivity index (χ1) is 10.1. The lowest BCUT2D eigenvalue weighted by atomic mass is 10.3. The van der Waals surface area contributed by atoms with Gasteiger partial charge in [-0.3, -0.25) is 0 Å². The summed E-state index contributed by atoms with van der Waals surface area (Å²) in [6.07, 6.45) is 0.988. The maximum absolute atomic E-state index is 6.19. The predicted molar refractivity (Wildman–Crippen MR) is 94.5 cm³/mol. The Hall–Kier alpha value is -0.550. The third-order valence-electron chi connectivity index (χ3n) is 3.02. The van der Waals surface area contributed by atoms with Crippen LogP contribution in [0.25, 0.3) is 0 Å². The molecule has 0 atom stereocenters. The zero-order valence-electron chi connectivity index (χ0n) is 12.6. The zero-order valence-corrected chi connectivity index (χ0v) is 15.0. The van der Waals surface area contributed by atoms with E-state index in [1.165, 1.54) is 15.6 Å². The highest BCUT2D eigenvalue weighted by Gasteiger charge is 2.11. The Morgan fingerprint density at radius 3 is 2.76 bits per heavy atom. The zero-order chi connectivity index (χ0) is 15.2. The van der Waals surface area contributed by atoms with Crippen LogP contribution >= 0.6 is 34.7 Å². The summed E-state index contributed by atoms with van der Waals surface area (Å²) in [6.45, 7) is 7.41. The molecule has 5 heteroatoms. The van der Waals surface area contributed by atoms with E-state index in [2.05, 4.69) is 32.2 Å². The highest BCUT2D eigenvalue weighted by molar-refractivity contribution is 7.98. The number of nitrogens with one attached hydrogen (secondary N) is 1. The standard InChI is InChI=1S/C16H21ClN2S2/c1-4-13-15(9-18-11(2)3)21-16(19-13)10-20-14-8-6-5-7-12(14)17/h5-8,11,18H,4,9-10H2,1-3H3. The number of thioether (sulfide) groups is 1. The van der Waals surface area contributed by atoms with Gasteiger partial charge in [-0.15, -0.1) is 23.1 Å². The molecule has 0 radical (unpaired) electrons. The summed E-state index contributed by atoms with van der Waals surface area (Å²) in [5, 5.41) is 5.47. The Bertz CT molecular complexity index is 581. The van der Waals surface area contributed by atoms with Gasteiger partial charge in [0.25, 0.3) is 0 Å². The molecule has 0 aliphatic carbocycles. The number of hydrogen-bond acceptors (Lipinski definition) is 4. The molecule has 0 bridgehead atoms. The molecule has 1 aromatic carbocycles. The summed E-state index contributed by atoms with van der Waals surface area (Å²) < 4.78 is 0. The monoisotopic (exact) mass is 340 g/mol. The minimum atomic E-state index is 0.498. The molecule has 0 saturated carbocycles. The Balaban J connectivity index is 2.02. The molecule has 0 spiro atoms. The number of aryl methyl sites for hydroxylation is 1. The first kappa shape index (κ1) is 16.8. The highest BCUT2D eigenvalue weighted by atomic mass is 35.5. The van der Waals surface area contributed by atoms with Gasteiger partial charge in [0.05, 0.1) is 16.5 Å². The summed E-state index contributed by atoms with van der Waals surface area (Å²) in [5.41, 5.74) is 1.22. The van der Waals surface area contributed by atoms with Gasteiger partial charge in [-0.25, -0.2) is 4.98 Å². The van der Waals surface area contributed by atoms with Crippen molar-refractivity contribution in [1.29, 1.82) is 0 Å². The van der Waals surface area contributed by atoms with Crippen LogP contribution in [0, 0.1) is 0 Å². The molecule has 0 saturated heterocycles. The van der Waals surface area contributed by atoms with E-state index in [4.69, 9.17) is 16.6 Å². The molecular weight excluding hydrogens is 320 g/mol. The third-order valence-corrected chi connectivity index (χ3v) is 5.82. The van der Waals surface area contributed by atoms with E-state index in [1.807, 2.05) is 29.5 Å². The molecule has 1 heterocycles. The summed E-state index contributed by atoms with van der Waals surface area (Å²) >= 11 is 9.76. The van der Waals surface area contributed by atoms with Gasteiger partial charge in [0.2, 0.25) is 0 Å². The fraction of sp³-hybridized carbons (Fsp3) is 0.438. The van der Waals surface area contributed by atoms with E-state index in [0.717, 1.165) is 28.6 Å². The average Bonchev–Trinajstić information content (AvgIpc) is 2.86. The van der Waals surface area contributed by atoms with Gasteiger partial charge in [0, 0.05) is 22.4 Å². The number of aromatic nitrogens is 1. The lowest BCUT2D eigenvalue weighted by Crippen LogP contribution is -2.21. The summed E-state index contributed by atoms with van der Waals surface area (Å²) in [6, 6.07) is 8.47. The van der Waals surface area contributed by atoms with Gasteiger partial charge in [-0.2, -0.15) is 0 Å². The van der Waals surface area contributed by atoms with Crippen LogP contribution in [0.5, 0.6) is 0 Å². The van der Waals surface area contributed by atoms with Crippen molar-refractivity contribution in [3.8, 4) is 0 Å². The van der Waals surface area contributed by atoms with Crippen LogP contribution in [0.3, 0.4) is 0 Å². The van der Waals surface area contributed by atoms with Crippen molar-refractivity contribution in [2.75, 3.05) is 0 Å². The Kier molecular flexibility index (Phi) is 6.55. The molecule has 2 aromatic rings. The molecule has 1 N–H and O–H groups in total. The second-order valence-corrected chi connectivity index (χ2v) is 7.68. The number of thiazole rings is 1. The summed E-state index contributed by atoms with van der Waals surface area (Å²) in [5.74, 6) is 0.878. The van der Waals surface area contributed by atoms with Gasteiger partial charge in [0.1, 0.15) is 5.01 Å². The van der Waals surface area contributed by atoms with E-state index >= 15 is 0 Å². The molecule has 0 fully saturated rings. The Morgan fingerprint density at radius 1 is 1.33 bits per heavy atom. The van der Waals surface area contributed by atoms with E-state index in [9.17, 15) is 0 Å². The second-order valence-electron chi connectivity index (χ2n) is 5.09. The molecule has 0 amide bonds. The quantitative estimate of drug-likeness (QED) is 0.705. The van der Waals surface area contributed by atoms with Crippen LogP contribution in [0.15, 0.2) is 29.2 Å². The first-order valence-electron chi connectivity index (χ1n) is 7.18. The van der Waals surface area contributed by atoms with Crippen molar-refractivity contribution >= 4 is 34.7 Å². The van der Waals surface area contributed by atoms with Gasteiger partial charge in [-0.1, -0.05) is 44.5 Å². The number of rotatable bonds is 7. The van der Waals surface area contributed by atoms with Crippen molar-refractivity contribution < 1.29 is 0 Å². The molecular formula is C16H21ClN2S2. The van der Waals surface area contributed by atoms with Crippen LogP contribution in [-0.2, 0) is 18.7 Å². The van der Waals surface area contributed by atoms with Crippen molar-refractivity contribution in [1.82, 2.24) is 10.3 Å². The first-order valence-corrected chi connectivity index (χ1v) is 9.36. The van der Waals surface area contributed by atoms with Crippen molar-refractivity contribution in [2.45, 2.75) is 50.4 Å². The molecule has 2 rings (SSSR count). The smallest absolute Gasteiger partial charge is 0.103 e. The third kappa shape index (κ3) is 4.99. The SMILES string of the molecule is CCc1nc(CSc2ccccc2Cl)sc1CNC(C)C. The van der Waals surface area contributed by atoms with Gasteiger partial charge < -0.3 is 5.32 Å². The predicted octanol–water partition coefficient (Wildman–Crippen LogP) is 5.15. The molecule has 0 unspecified atom stereocenters. The maximum atomic E-state index is 6.19. The van der Waals surface area contributed by atoms with Gasteiger partial charge in [-0.05, 0) is 18.6 Å². The summed E-state index contributed by atoms with van der Waals surface area (Å²) in [4.78, 5) is 7.25. The number of halogens is 1. The van der Waals surface area contributed by atoms with Crippen LogP contribution in [-0.4, -0.2) is 11.0 Å². The molecule has 114 valence electrons. The van der Waals surface area contributed by atoms with Gasteiger partial charge in [0.15, 0.2) is 0 Å². The number of nitrogens with zero attached hydrogens (tertiary/aromatic N) is 1. The lowest BCUT2D eigenvalue weighted by molar-refractivity contribution is 0.590. The van der Waals surface area contributed by atoms with Crippen LogP contribution in [0.2, 0.25) is 5.02 Å². The Labute approximate surface area is 140 Å². The van der Waals surface area contributed by atoms with Crippen LogP contribution in [0.1, 0.15) is 36.3 Å². The molecule has 0 aliphatic rings. The van der Waals surface area contributed by atoms with Crippen molar-refractivity contribution in [3.63, 3.8) is 0 Å². The molecule has 2 nitrogen and oxygen atoms in total. The lowest BCUT2D eigenvalue weighted by Gasteiger charge is -2.06. The van der Waals surface area contributed by atoms with E-state index in [-0.39, 0.29) is 0 Å². The molecule has 0 aliphatic heterocycles. The fourth-order valence-corrected chi connectivity index (χ4v) is 4.25. The Morgan fingerprint density at radius 2 is 2.10 bits per heavy atom. The maximum Gasteiger partial charge on any atom is 0.103 e. The number of benzene rings is 1. The molecule has 21 heavy (non-hydrogen) atoms. The highest BCUT2D eigenvalue weighted by Crippen LogP contribution is 2.31. The number of hydrogen-bond donors (Lipinski definition) is 1. The van der Waals surface area contributed by atoms with E-state index in [1.54, 1.807) is 11.8 Å². The normalized spacial score (nSPS) is 11.3. The average molecular weight is 341 g/mol. The topological polar surface area (TPSA) is 24.9 Å². The van der Waals surface area contributed by atoms with Crippen molar-refractivity contribution in [2.24, 2.45) is 0 Å². The minimum Gasteiger partial charge on any atom is -0.310 e. The van der Waals surface area contributed by atoms with E-state index in [0.29, 0.717) is 6.04 Å². The van der Waals surface area contributed by atoms with Crippen LogP contribution < -0.4 is 5.32 Å². The largest absolute Gasteiger partial charge is 0.310 e. The van der Waals surface area contributed by atoms with E-state index < -0.39 is 0 Å². The molecule has 1 aromatic heterocycles. The fourth-order valence-electron chi connectivity index (χ4n) is 1.91. The minimum absolute atomic E-state index is 0.498. The van der Waals surface area contributed by atoms with Crippen molar-refractivity contribution in [3.05, 3.63) is 44.9 Å². The second kappa shape index (κ2) is 8.18. The van der Waals surface area contributed by atoms with Crippen LogP contribution in [0.4, 0.5) is 0 Å². The summed E-state index contributed by atoms with van der Waals surface area (Å²) in [7, 11) is 0. The van der Waals surface area contributed by atoms with Gasteiger partial charge >= 0.3 is 0 Å².